The zero-order chi connectivity index (χ0) is 30.0. The molecule has 2 heterocycles. The van der Waals surface area contributed by atoms with Crippen molar-refractivity contribution >= 4 is 33.4 Å². The highest BCUT2D eigenvalue weighted by Gasteiger charge is 2.46. The molecular formula is C25H35F2N5O7S. The summed E-state index contributed by atoms with van der Waals surface area (Å²) in [6.07, 6.45) is -0.575. The lowest BCUT2D eigenvalue weighted by Crippen LogP contribution is -2.54. The number of ether oxygens (including phenoxy) is 3. The van der Waals surface area contributed by atoms with Gasteiger partial charge >= 0.3 is 6.09 Å². The molecule has 2 atom stereocenters. The predicted molar refractivity (Wildman–Crippen MR) is 143 cm³/mol. The summed E-state index contributed by atoms with van der Waals surface area (Å²) in [6, 6.07) is 3.33. The van der Waals surface area contributed by atoms with Crippen molar-refractivity contribution in [2.45, 2.75) is 83.6 Å². The molecule has 2 N–H and O–H groups in total. The van der Waals surface area contributed by atoms with Crippen LogP contribution in [0.2, 0.25) is 0 Å². The molecule has 3 rings (SSSR count). The normalized spacial score (nSPS) is 17.5. The molecule has 40 heavy (non-hydrogen) atoms. The molecule has 1 aromatic carbocycles. The SMILES string of the molecule is CCOc1nn(CC)cc1S(=O)(=O)N1c2cc(NC(=O)OC(C)(C)C(C)(F)F)ccc2OC(CNC(C)=O)C1C. The second-order valence-corrected chi connectivity index (χ2v) is 11.6. The smallest absolute Gasteiger partial charge is 0.412 e. The second kappa shape index (κ2) is 11.5. The zero-order valence-corrected chi connectivity index (χ0v) is 24.3. The third-order valence-electron chi connectivity index (χ3n) is 6.42. The first-order chi connectivity index (χ1) is 18.5. The van der Waals surface area contributed by atoms with Crippen LogP contribution in [0.4, 0.5) is 25.0 Å². The summed E-state index contributed by atoms with van der Waals surface area (Å²) in [6.45, 7) is 9.79. The van der Waals surface area contributed by atoms with E-state index in [1.807, 2.05) is 0 Å². The molecule has 1 aliphatic heterocycles. The maximum absolute atomic E-state index is 14.2. The molecule has 0 bridgehead atoms. The Hall–Kier alpha value is -3.62. The Morgan fingerprint density at radius 1 is 1.20 bits per heavy atom. The van der Waals surface area contributed by atoms with E-state index in [1.165, 1.54) is 36.0 Å². The van der Waals surface area contributed by atoms with E-state index in [9.17, 15) is 26.8 Å². The quantitative estimate of drug-likeness (QED) is 0.428. The van der Waals surface area contributed by atoms with Gasteiger partial charge in [-0.3, -0.25) is 19.1 Å². The largest absolute Gasteiger partial charge is 0.484 e. The van der Waals surface area contributed by atoms with E-state index in [0.717, 1.165) is 18.2 Å². The number of hydrogen-bond donors (Lipinski definition) is 2. The lowest BCUT2D eigenvalue weighted by atomic mass is 10.0. The van der Waals surface area contributed by atoms with Gasteiger partial charge in [0.05, 0.1) is 24.9 Å². The molecule has 0 spiro atoms. The number of sulfonamides is 1. The van der Waals surface area contributed by atoms with Gasteiger partial charge in [0, 0.05) is 32.3 Å². The lowest BCUT2D eigenvalue weighted by molar-refractivity contribution is -0.147. The minimum absolute atomic E-state index is 0.0150. The van der Waals surface area contributed by atoms with Crippen LogP contribution in [0, 0.1) is 0 Å². The first-order valence-electron chi connectivity index (χ1n) is 12.7. The molecule has 0 saturated heterocycles. The van der Waals surface area contributed by atoms with Crippen molar-refractivity contribution < 1.29 is 41.0 Å². The van der Waals surface area contributed by atoms with E-state index >= 15 is 0 Å². The molecule has 0 aliphatic carbocycles. The number of anilines is 2. The topological polar surface area (TPSA) is 141 Å². The summed E-state index contributed by atoms with van der Waals surface area (Å²) in [4.78, 5) is 23.9. The highest BCUT2D eigenvalue weighted by atomic mass is 32.2. The van der Waals surface area contributed by atoms with Crippen LogP contribution in [0.5, 0.6) is 11.6 Å². The zero-order valence-electron chi connectivity index (χ0n) is 23.4. The van der Waals surface area contributed by atoms with Crippen molar-refractivity contribution in [1.82, 2.24) is 15.1 Å². The summed E-state index contributed by atoms with van der Waals surface area (Å²) >= 11 is 0. The Bertz CT molecular complexity index is 1360. The minimum atomic E-state index is -4.34. The first-order valence-corrected chi connectivity index (χ1v) is 14.1. The van der Waals surface area contributed by atoms with E-state index in [0.29, 0.717) is 13.5 Å². The molecule has 0 saturated carbocycles. The number of aryl methyl sites for hydroxylation is 1. The van der Waals surface area contributed by atoms with Gasteiger partial charge in [0.2, 0.25) is 5.91 Å². The number of amides is 2. The number of benzene rings is 1. The van der Waals surface area contributed by atoms with E-state index in [1.54, 1.807) is 20.8 Å². The van der Waals surface area contributed by atoms with Gasteiger partial charge in [-0.15, -0.1) is 5.10 Å². The Labute approximate surface area is 232 Å². The third kappa shape index (κ3) is 6.40. The van der Waals surface area contributed by atoms with Crippen LogP contribution in [0.3, 0.4) is 0 Å². The van der Waals surface area contributed by atoms with Crippen LogP contribution in [-0.4, -0.2) is 67.0 Å². The monoisotopic (exact) mass is 587 g/mol. The number of nitrogens with zero attached hydrogens (tertiary/aromatic N) is 3. The molecule has 2 aromatic rings. The summed E-state index contributed by atoms with van der Waals surface area (Å²) in [5.41, 5.74) is -1.97. The van der Waals surface area contributed by atoms with Crippen LogP contribution < -0.4 is 24.4 Å². The van der Waals surface area contributed by atoms with E-state index < -0.39 is 39.8 Å². The molecule has 2 amide bonds. The van der Waals surface area contributed by atoms with Gasteiger partial charge in [-0.05, 0) is 52.8 Å². The molecule has 222 valence electrons. The van der Waals surface area contributed by atoms with Crippen molar-refractivity contribution in [3.05, 3.63) is 24.4 Å². The van der Waals surface area contributed by atoms with Crippen molar-refractivity contribution in [3.63, 3.8) is 0 Å². The number of alkyl halides is 2. The fourth-order valence-corrected chi connectivity index (χ4v) is 5.60. The minimum Gasteiger partial charge on any atom is -0.484 e. The molecule has 1 aromatic heterocycles. The number of carbonyl (C=O) groups is 2. The van der Waals surface area contributed by atoms with Crippen molar-refractivity contribution in [2.24, 2.45) is 0 Å². The molecule has 1 aliphatic rings. The van der Waals surface area contributed by atoms with E-state index in [-0.39, 0.29) is 47.0 Å². The summed E-state index contributed by atoms with van der Waals surface area (Å²) in [5.74, 6) is -3.57. The Morgan fingerprint density at radius 3 is 2.45 bits per heavy atom. The Balaban J connectivity index is 2.07. The highest BCUT2D eigenvalue weighted by Crippen LogP contribution is 2.43. The maximum atomic E-state index is 14.2. The van der Waals surface area contributed by atoms with Crippen molar-refractivity contribution in [2.75, 3.05) is 22.8 Å². The molecule has 15 heteroatoms. The predicted octanol–water partition coefficient (Wildman–Crippen LogP) is 3.76. The van der Waals surface area contributed by atoms with Crippen molar-refractivity contribution in [1.29, 1.82) is 0 Å². The van der Waals surface area contributed by atoms with Gasteiger partial charge in [-0.1, -0.05) is 0 Å². The number of aromatic nitrogens is 2. The van der Waals surface area contributed by atoms with Gasteiger partial charge in [-0.2, -0.15) is 0 Å². The number of rotatable bonds is 10. The average molecular weight is 588 g/mol. The molecular weight excluding hydrogens is 552 g/mol. The summed E-state index contributed by atoms with van der Waals surface area (Å²) in [5, 5.41) is 9.23. The molecule has 2 unspecified atom stereocenters. The van der Waals surface area contributed by atoms with E-state index in [4.69, 9.17) is 14.2 Å². The fraction of sp³-hybridized carbons (Fsp3) is 0.560. The van der Waals surface area contributed by atoms with E-state index in [2.05, 4.69) is 15.7 Å². The average Bonchev–Trinajstić information content (AvgIpc) is 3.25. The maximum Gasteiger partial charge on any atom is 0.412 e. The number of fused-ring (bicyclic) bond motifs is 1. The fourth-order valence-electron chi connectivity index (χ4n) is 3.84. The first kappa shape index (κ1) is 30.9. The molecule has 0 fully saturated rings. The third-order valence-corrected chi connectivity index (χ3v) is 8.31. The van der Waals surface area contributed by atoms with Gasteiger partial charge in [-0.25, -0.2) is 22.0 Å². The van der Waals surface area contributed by atoms with Crippen LogP contribution in [0.1, 0.15) is 48.5 Å². The number of nitrogens with one attached hydrogen (secondary N) is 2. The Kier molecular flexibility index (Phi) is 8.87. The summed E-state index contributed by atoms with van der Waals surface area (Å²) in [7, 11) is -4.34. The van der Waals surface area contributed by atoms with Gasteiger partial charge in [0.1, 0.15) is 11.9 Å². The van der Waals surface area contributed by atoms with Gasteiger partial charge in [0.15, 0.2) is 10.5 Å². The van der Waals surface area contributed by atoms with Crippen LogP contribution in [-0.2, 0) is 26.1 Å². The number of halogens is 2. The Morgan fingerprint density at radius 2 is 1.88 bits per heavy atom. The van der Waals surface area contributed by atoms with Gasteiger partial charge < -0.3 is 19.5 Å². The molecule has 12 nitrogen and oxygen atoms in total. The van der Waals surface area contributed by atoms with Crippen LogP contribution in [0.25, 0.3) is 0 Å². The molecule has 0 radical (unpaired) electrons. The number of carbonyl (C=O) groups excluding carboxylic acids is 2. The standard InChI is InChI=1S/C25H35F2N5O7S/c1-8-31-14-21(22(30-31)37-9-2)40(35,36)32-15(3)20(13-28-16(4)33)38-19-11-10-17(12-18(19)32)29-23(34)39-24(5,6)25(7,26)27/h10-12,14-15,20H,8-9,13H2,1-7H3,(H,28,33)(H,29,34). The second-order valence-electron chi connectivity index (χ2n) is 9.82. The van der Waals surface area contributed by atoms with Crippen LogP contribution >= 0.6 is 0 Å². The lowest BCUT2D eigenvalue weighted by Gasteiger charge is -2.41. The van der Waals surface area contributed by atoms with Gasteiger partial charge in [0.25, 0.3) is 21.8 Å². The summed E-state index contributed by atoms with van der Waals surface area (Å²) < 4.78 is 75.0. The van der Waals surface area contributed by atoms with Crippen molar-refractivity contribution in [3.8, 4) is 11.6 Å². The van der Waals surface area contributed by atoms with Crippen LogP contribution in [0.15, 0.2) is 29.3 Å². The highest BCUT2D eigenvalue weighted by molar-refractivity contribution is 7.93. The number of hydrogen-bond acceptors (Lipinski definition) is 8.